The van der Waals surface area contributed by atoms with Crippen molar-refractivity contribution in [3.63, 3.8) is 0 Å². The topological polar surface area (TPSA) is 79.3 Å². The van der Waals surface area contributed by atoms with Crippen LogP contribution in [0.5, 0.6) is 0 Å². The number of pyridine rings is 1. The maximum atomic E-state index is 12.1. The second kappa shape index (κ2) is 9.82. The van der Waals surface area contributed by atoms with Gasteiger partial charge in [-0.1, -0.05) is 36.5 Å². The van der Waals surface area contributed by atoms with Crippen LogP contribution in [0.2, 0.25) is 0 Å². The van der Waals surface area contributed by atoms with Gasteiger partial charge in [0, 0.05) is 24.4 Å². The lowest BCUT2D eigenvalue weighted by molar-refractivity contribution is -0.125. The highest BCUT2D eigenvalue weighted by Gasteiger charge is 2.19. The number of amides is 1. The van der Waals surface area contributed by atoms with E-state index in [2.05, 4.69) is 10.3 Å². The third-order valence-electron chi connectivity index (χ3n) is 3.84. The molecule has 7 heteroatoms. The molecule has 0 aliphatic heterocycles. The number of aromatic carboxylic acids is 1. The molecule has 1 amide bonds. The van der Waals surface area contributed by atoms with E-state index >= 15 is 0 Å². The highest BCUT2D eigenvalue weighted by atomic mass is 33.1. The smallest absolute Gasteiger partial charge is 0.337 e. The van der Waals surface area contributed by atoms with Crippen molar-refractivity contribution in [2.24, 2.45) is 5.92 Å². The zero-order chi connectivity index (χ0) is 16.5. The summed E-state index contributed by atoms with van der Waals surface area (Å²) in [4.78, 5) is 26.9. The first-order valence-corrected chi connectivity index (χ1v) is 10.3. The summed E-state index contributed by atoms with van der Waals surface area (Å²) < 4.78 is 0. The van der Waals surface area contributed by atoms with Crippen molar-refractivity contribution in [3.05, 3.63) is 23.9 Å². The number of carboxylic acids is 1. The molecule has 0 radical (unpaired) electrons. The highest BCUT2D eigenvalue weighted by molar-refractivity contribution is 8.76. The molecule has 126 valence electrons. The predicted molar refractivity (Wildman–Crippen MR) is 93.7 cm³/mol. The van der Waals surface area contributed by atoms with E-state index in [4.69, 9.17) is 5.11 Å². The Morgan fingerprint density at radius 3 is 2.57 bits per heavy atom. The maximum Gasteiger partial charge on any atom is 0.337 e. The average molecular weight is 354 g/mol. The molecule has 0 unspecified atom stereocenters. The molecule has 2 rings (SSSR count). The van der Waals surface area contributed by atoms with Gasteiger partial charge in [0.25, 0.3) is 0 Å². The molecule has 0 atom stereocenters. The largest absolute Gasteiger partial charge is 0.478 e. The summed E-state index contributed by atoms with van der Waals surface area (Å²) in [5, 5.41) is 12.6. The Hall–Kier alpha value is -1.21. The Bertz CT molecular complexity index is 515. The van der Waals surface area contributed by atoms with E-state index in [0.29, 0.717) is 6.54 Å². The number of aromatic nitrogens is 1. The van der Waals surface area contributed by atoms with Gasteiger partial charge < -0.3 is 10.4 Å². The first-order valence-electron chi connectivity index (χ1n) is 7.93. The van der Waals surface area contributed by atoms with Gasteiger partial charge in [-0.15, -0.1) is 0 Å². The molecule has 1 aliphatic carbocycles. The predicted octanol–water partition coefficient (Wildman–Crippen LogP) is 3.61. The Morgan fingerprint density at radius 1 is 1.22 bits per heavy atom. The van der Waals surface area contributed by atoms with Gasteiger partial charge in [0.15, 0.2) is 0 Å². The molecule has 1 fully saturated rings. The molecule has 1 saturated carbocycles. The summed E-state index contributed by atoms with van der Waals surface area (Å²) in [5.74, 6) is 0.218. The summed E-state index contributed by atoms with van der Waals surface area (Å²) in [7, 11) is 3.10. The minimum Gasteiger partial charge on any atom is -0.478 e. The number of carbonyl (C=O) groups is 2. The third-order valence-corrected chi connectivity index (χ3v) is 6.10. The minimum absolute atomic E-state index is 0.190. The van der Waals surface area contributed by atoms with Crippen molar-refractivity contribution in [3.8, 4) is 0 Å². The van der Waals surface area contributed by atoms with Crippen molar-refractivity contribution < 1.29 is 14.7 Å². The zero-order valence-electron chi connectivity index (χ0n) is 13.0. The molecule has 0 saturated heterocycles. The number of nitrogens with one attached hydrogen (secondary N) is 1. The Labute approximate surface area is 144 Å². The Balaban J connectivity index is 1.61. The molecule has 0 bridgehead atoms. The normalized spacial score (nSPS) is 15.8. The van der Waals surface area contributed by atoms with Crippen LogP contribution in [0, 0.1) is 5.92 Å². The fourth-order valence-corrected chi connectivity index (χ4v) is 4.33. The number of hydrogen-bond acceptors (Lipinski definition) is 5. The van der Waals surface area contributed by atoms with Crippen LogP contribution in [0.25, 0.3) is 0 Å². The van der Waals surface area contributed by atoms with E-state index in [0.717, 1.165) is 23.6 Å². The maximum absolute atomic E-state index is 12.1. The molecule has 1 aromatic rings. The molecule has 2 N–H and O–H groups in total. The van der Waals surface area contributed by atoms with Crippen molar-refractivity contribution in [2.45, 2.75) is 43.6 Å². The molecule has 23 heavy (non-hydrogen) atoms. The van der Waals surface area contributed by atoms with Crippen LogP contribution < -0.4 is 5.32 Å². The summed E-state index contributed by atoms with van der Waals surface area (Å²) in [6.07, 6.45) is 8.25. The van der Waals surface area contributed by atoms with E-state index in [1.54, 1.807) is 22.9 Å². The number of carbonyl (C=O) groups excluding carboxylic acids is 1. The summed E-state index contributed by atoms with van der Waals surface area (Å²) in [5.41, 5.74) is 0.190. The number of carboxylic acid groups (broad SMARTS) is 1. The van der Waals surface area contributed by atoms with Gasteiger partial charge in [-0.2, -0.15) is 0 Å². The number of nitrogens with zero attached hydrogens (tertiary/aromatic N) is 1. The Kier molecular flexibility index (Phi) is 7.74. The molecule has 1 aliphatic rings. The van der Waals surface area contributed by atoms with Crippen molar-refractivity contribution >= 4 is 33.5 Å². The first kappa shape index (κ1) is 18.1. The van der Waals surface area contributed by atoms with Gasteiger partial charge in [-0.3, -0.25) is 4.79 Å². The van der Waals surface area contributed by atoms with Crippen molar-refractivity contribution in [1.82, 2.24) is 10.3 Å². The lowest BCUT2D eigenvalue weighted by Gasteiger charge is -2.13. The van der Waals surface area contributed by atoms with Crippen LogP contribution in [0.15, 0.2) is 23.4 Å². The summed E-state index contributed by atoms with van der Waals surface area (Å²) in [6, 6.07) is 3.25. The van der Waals surface area contributed by atoms with Gasteiger partial charge in [-0.25, -0.2) is 9.78 Å². The second-order valence-electron chi connectivity index (χ2n) is 5.58. The quantitative estimate of drug-likeness (QED) is 0.442. The fourth-order valence-electron chi connectivity index (χ4n) is 2.56. The van der Waals surface area contributed by atoms with Crippen LogP contribution in [0.3, 0.4) is 0 Å². The van der Waals surface area contributed by atoms with Crippen LogP contribution in [0.4, 0.5) is 0 Å². The minimum atomic E-state index is -0.970. The van der Waals surface area contributed by atoms with Gasteiger partial charge in [0.05, 0.1) is 5.56 Å². The molecule has 0 spiro atoms. The molecular formula is C16H22N2O3S2. The number of hydrogen-bond donors (Lipinski definition) is 2. The fraction of sp³-hybridized carbons (Fsp3) is 0.562. The molecular weight excluding hydrogens is 332 g/mol. The van der Waals surface area contributed by atoms with Gasteiger partial charge >= 0.3 is 5.97 Å². The standard InChI is InChI=1S/C16H22N2O3S2/c19-15(12-5-3-1-2-4-6-12)17-9-10-22-23-14-8-7-13(11-18-14)16(20)21/h7-8,11-12H,1-6,9-10H2,(H,17,19)(H,20,21). The van der Waals surface area contributed by atoms with Crippen molar-refractivity contribution in [1.29, 1.82) is 0 Å². The van der Waals surface area contributed by atoms with E-state index in [9.17, 15) is 9.59 Å². The number of rotatable bonds is 7. The molecule has 1 heterocycles. The summed E-state index contributed by atoms with van der Waals surface area (Å²) >= 11 is 0. The first-order chi connectivity index (χ1) is 11.2. The Morgan fingerprint density at radius 2 is 1.96 bits per heavy atom. The second-order valence-corrected chi connectivity index (χ2v) is 8.01. The van der Waals surface area contributed by atoms with Crippen molar-refractivity contribution in [2.75, 3.05) is 12.3 Å². The average Bonchev–Trinajstić information content (AvgIpc) is 2.84. The zero-order valence-corrected chi connectivity index (χ0v) is 14.6. The third kappa shape index (κ3) is 6.43. The van der Waals surface area contributed by atoms with Crippen LogP contribution in [-0.4, -0.2) is 34.3 Å². The lowest BCUT2D eigenvalue weighted by atomic mass is 10.00. The summed E-state index contributed by atoms with van der Waals surface area (Å²) in [6.45, 7) is 0.653. The van der Waals surface area contributed by atoms with E-state index in [-0.39, 0.29) is 17.4 Å². The van der Waals surface area contributed by atoms with E-state index in [1.165, 1.54) is 42.7 Å². The van der Waals surface area contributed by atoms with E-state index in [1.807, 2.05) is 0 Å². The highest BCUT2D eigenvalue weighted by Crippen LogP contribution is 2.29. The molecule has 1 aromatic heterocycles. The SMILES string of the molecule is O=C(O)c1ccc(SSCCNC(=O)C2CCCCCC2)nc1. The monoisotopic (exact) mass is 354 g/mol. The van der Waals surface area contributed by atoms with Gasteiger partial charge in [0.2, 0.25) is 5.91 Å². The van der Waals surface area contributed by atoms with E-state index < -0.39 is 5.97 Å². The van der Waals surface area contributed by atoms with Gasteiger partial charge in [-0.05, 0) is 35.8 Å². The molecule has 0 aromatic carbocycles. The van der Waals surface area contributed by atoms with Crippen LogP contribution >= 0.6 is 21.6 Å². The van der Waals surface area contributed by atoms with Crippen LogP contribution in [-0.2, 0) is 4.79 Å². The van der Waals surface area contributed by atoms with Crippen LogP contribution in [0.1, 0.15) is 48.9 Å². The lowest BCUT2D eigenvalue weighted by Crippen LogP contribution is -2.32. The molecule has 5 nitrogen and oxygen atoms in total. The van der Waals surface area contributed by atoms with Gasteiger partial charge in [0.1, 0.15) is 5.03 Å².